The summed E-state index contributed by atoms with van der Waals surface area (Å²) in [6.45, 7) is 3.92. The third kappa shape index (κ3) is 4.51. The lowest BCUT2D eigenvalue weighted by atomic mass is 9.96. The molecule has 2 atom stereocenters. The van der Waals surface area contributed by atoms with Crippen molar-refractivity contribution in [3.8, 4) is 5.75 Å². The standard InChI is InChI=1S/C16H25NO2/c1-2-11-19-15-8-6-13(7-9-15)16(18)12-14-5-3-4-10-17-14/h6-9,14,16-18H,2-5,10-12H2,1H3. The Labute approximate surface area is 116 Å². The van der Waals surface area contributed by atoms with E-state index in [1.807, 2.05) is 24.3 Å². The van der Waals surface area contributed by atoms with Gasteiger partial charge in [0, 0.05) is 6.04 Å². The molecular formula is C16H25NO2. The Morgan fingerprint density at radius 3 is 2.74 bits per heavy atom. The largest absolute Gasteiger partial charge is 0.494 e. The maximum atomic E-state index is 10.3. The van der Waals surface area contributed by atoms with Crippen molar-refractivity contribution in [2.45, 2.75) is 51.2 Å². The zero-order chi connectivity index (χ0) is 13.5. The molecule has 2 N–H and O–H groups in total. The fraction of sp³-hybridized carbons (Fsp3) is 0.625. The highest BCUT2D eigenvalue weighted by atomic mass is 16.5. The molecule has 0 spiro atoms. The Kier molecular flexibility index (Phi) is 5.67. The van der Waals surface area contributed by atoms with Gasteiger partial charge in [0.25, 0.3) is 0 Å². The van der Waals surface area contributed by atoms with Crippen LogP contribution in [-0.4, -0.2) is 24.3 Å². The van der Waals surface area contributed by atoms with Crippen molar-refractivity contribution in [2.75, 3.05) is 13.2 Å². The summed E-state index contributed by atoms with van der Waals surface area (Å²) in [6, 6.07) is 8.29. The first-order chi connectivity index (χ1) is 9.29. The van der Waals surface area contributed by atoms with Gasteiger partial charge in [-0.05, 0) is 49.9 Å². The summed E-state index contributed by atoms with van der Waals surface area (Å²) in [6.07, 6.45) is 5.14. The highest BCUT2D eigenvalue weighted by molar-refractivity contribution is 5.28. The smallest absolute Gasteiger partial charge is 0.119 e. The van der Waals surface area contributed by atoms with E-state index in [-0.39, 0.29) is 6.10 Å². The molecule has 19 heavy (non-hydrogen) atoms. The Morgan fingerprint density at radius 2 is 2.11 bits per heavy atom. The van der Waals surface area contributed by atoms with Crippen LogP contribution < -0.4 is 10.1 Å². The van der Waals surface area contributed by atoms with Crippen LogP contribution in [0.5, 0.6) is 5.75 Å². The molecule has 0 radical (unpaired) electrons. The monoisotopic (exact) mass is 263 g/mol. The number of benzene rings is 1. The number of hydrogen-bond donors (Lipinski definition) is 2. The van der Waals surface area contributed by atoms with Crippen LogP contribution in [0.25, 0.3) is 0 Å². The number of aliphatic hydroxyl groups excluding tert-OH is 1. The van der Waals surface area contributed by atoms with E-state index in [0.717, 1.165) is 37.3 Å². The number of rotatable bonds is 6. The first-order valence-corrected chi connectivity index (χ1v) is 7.44. The van der Waals surface area contributed by atoms with Crippen LogP contribution in [0.2, 0.25) is 0 Å². The van der Waals surface area contributed by atoms with Gasteiger partial charge in [0.15, 0.2) is 0 Å². The molecule has 0 amide bonds. The molecule has 1 saturated heterocycles. The lowest BCUT2D eigenvalue weighted by Gasteiger charge is -2.25. The molecule has 1 aliphatic heterocycles. The van der Waals surface area contributed by atoms with E-state index in [4.69, 9.17) is 4.74 Å². The molecule has 2 rings (SSSR count). The molecular weight excluding hydrogens is 238 g/mol. The van der Waals surface area contributed by atoms with Crippen molar-refractivity contribution in [3.63, 3.8) is 0 Å². The zero-order valence-electron chi connectivity index (χ0n) is 11.8. The Balaban J connectivity index is 1.85. The molecule has 0 bridgehead atoms. The van der Waals surface area contributed by atoms with Crippen LogP contribution in [0.4, 0.5) is 0 Å². The lowest BCUT2D eigenvalue weighted by molar-refractivity contribution is 0.144. The average Bonchev–Trinajstić information content (AvgIpc) is 2.46. The first-order valence-electron chi connectivity index (χ1n) is 7.44. The van der Waals surface area contributed by atoms with E-state index in [2.05, 4.69) is 12.2 Å². The van der Waals surface area contributed by atoms with Crippen molar-refractivity contribution in [3.05, 3.63) is 29.8 Å². The number of piperidine rings is 1. The third-order valence-electron chi connectivity index (χ3n) is 3.66. The van der Waals surface area contributed by atoms with E-state index in [9.17, 15) is 5.11 Å². The first kappa shape index (κ1) is 14.4. The van der Waals surface area contributed by atoms with E-state index < -0.39 is 0 Å². The van der Waals surface area contributed by atoms with Gasteiger partial charge in [-0.25, -0.2) is 0 Å². The van der Waals surface area contributed by atoms with Gasteiger partial charge < -0.3 is 15.2 Å². The molecule has 1 aromatic rings. The summed E-state index contributed by atoms with van der Waals surface area (Å²) in [4.78, 5) is 0. The molecule has 1 aliphatic rings. The van der Waals surface area contributed by atoms with Crippen LogP contribution in [-0.2, 0) is 0 Å². The maximum Gasteiger partial charge on any atom is 0.119 e. The zero-order valence-corrected chi connectivity index (χ0v) is 11.8. The summed E-state index contributed by atoms with van der Waals surface area (Å²) < 4.78 is 5.55. The molecule has 0 saturated carbocycles. The van der Waals surface area contributed by atoms with E-state index in [1.54, 1.807) is 0 Å². The summed E-state index contributed by atoms with van der Waals surface area (Å²) >= 11 is 0. The summed E-state index contributed by atoms with van der Waals surface area (Å²) in [5, 5.41) is 13.7. The van der Waals surface area contributed by atoms with Gasteiger partial charge in [-0.1, -0.05) is 25.5 Å². The minimum absolute atomic E-state index is 0.379. The summed E-state index contributed by atoms with van der Waals surface area (Å²) in [5.74, 6) is 0.883. The third-order valence-corrected chi connectivity index (χ3v) is 3.66. The summed E-state index contributed by atoms with van der Waals surface area (Å²) in [7, 11) is 0. The van der Waals surface area contributed by atoms with Crippen molar-refractivity contribution in [1.82, 2.24) is 5.32 Å². The molecule has 3 heteroatoms. The van der Waals surface area contributed by atoms with Crippen LogP contribution in [0.1, 0.15) is 50.7 Å². The van der Waals surface area contributed by atoms with Crippen molar-refractivity contribution >= 4 is 0 Å². The van der Waals surface area contributed by atoms with Gasteiger partial charge in [0.05, 0.1) is 12.7 Å². The molecule has 3 nitrogen and oxygen atoms in total. The fourth-order valence-corrected chi connectivity index (χ4v) is 2.54. The minimum Gasteiger partial charge on any atom is -0.494 e. The van der Waals surface area contributed by atoms with Gasteiger partial charge in [0.1, 0.15) is 5.75 Å². The maximum absolute atomic E-state index is 10.3. The SMILES string of the molecule is CCCOc1ccc(C(O)CC2CCCCN2)cc1. The van der Waals surface area contributed by atoms with Crippen LogP contribution in [0, 0.1) is 0 Å². The molecule has 1 aromatic carbocycles. The van der Waals surface area contributed by atoms with Crippen molar-refractivity contribution in [1.29, 1.82) is 0 Å². The average molecular weight is 263 g/mol. The Morgan fingerprint density at radius 1 is 1.32 bits per heavy atom. The van der Waals surface area contributed by atoms with Gasteiger partial charge in [0.2, 0.25) is 0 Å². The van der Waals surface area contributed by atoms with Crippen LogP contribution in [0.3, 0.4) is 0 Å². The van der Waals surface area contributed by atoms with Crippen LogP contribution >= 0.6 is 0 Å². The Bertz CT molecular complexity index is 358. The molecule has 106 valence electrons. The Hall–Kier alpha value is -1.06. The van der Waals surface area contributed by atoms with E-state index in [1.165, 1.54) is 19.3 Å². The molecule has 1 heterocycles. The molecule has 0 aromatic heterocycles. The molecule has 1 fully saturated rings. The number of ether oxygens (including phenoxy) is 1. The molecule has 2 unspecified atom stereocenters. The normalized spacial score (nSPS) is 21.1. The molecule has 0 aliphatic carbocycles. The van der Waals surface area contributed by atoms with Gasteiger partial charge in [-0.3, -0.25) is 0 Å². The van der Waals surface area contributed by atoms with Crippen molar-refractivity contribution < 1.29 is 9.84 Å². The van der Waals surface area contributed by atoms with Crippen molar-refractivity contribution in [2.24, 2.45) is 0 Å². The van der Waals surface area contributed by atoms with Gasteiger partial charge in [-0.15, -0.1) is 0 Å². The quantitative estimate of drug-likeness (QED) is 0.829. The highest BCUT2D eigenvalue weighted by Gasteiger charge is 2.17. The second-order valence-electron chi connectivity index (χ2n) is 5.32. The number of nitrogens with one attached hydrogen (secondary N) is 1. The van der Waals surface area contributed by atoms with E-state index >= 15 is 0 Å². The predicted octanol–water partition coefficient (Wildman–Crippen LogP) is 3.04. The fourth-order valence-electron chi connectivity index (χ4n) is 2.54. The second kappa shape index (κ2) is 7.51. The van der Waals surface area contributed by atoms with Gasteiger partial charge >= 0.3 is 0 Å². The van der Waals surface area contributed by atoms with E-state index in [0.29, 0.717) is 6.04 Å². The predicted molar refractivity (Wildman–Crippen MR) is 77.4 cm³/mol. The van der Waals surface area contributed by atoms with Gasteiger partial charge in [-0.2, -0.15) is 0 Å². The number of hydrogen-bond acceptors (Lipinski definition) is 3. The lowest BCUT2D eigenvalue weighted by Crippen LogP contribution is -2.35. The topological polar surface area (TPSA) is 41.5 Å². The number of aliphatic hydroxyl groups is 1. The highest BCUT2D eigenvalue weighted by Crippen LogP contribution is 2.24. The van der Waals surface area contributed by atoms with Crippen LogP contribution in [0.15, 0.2) is 24.3 Å². The summed E-state index contributed by atoms with van der Waals surface area (Å²) in [5.41, 5.74) is 0.983. The second-order valence-corrected chi connectivity index (χ2v) is 5.32. The minimum atomic E-state index is -0.379.